The van der Waals surface area contributed by atoms with E-state index in [1.54, 1.807) is 36.4 Å². The molecule has 0 spiro atoms. The van der Waals surface area contributed by atoms with Crippen LogP contribution in [0.5, 0.6) is 11.5 Å². The number of amides is 1. The molecule has 0 aliphatic rings. The van der Waals surface area contributed by atoms with E-state index in [4.69, 9.17) is 4.74 Å². The van der Waals surface area contributed by atoms with E-state index in [9.17, 15) is 30.1 Å². The highest BCUT2D eigenvalue weighted by atomic mass is 16.6. The number of ether oxygens (including phenoxy) is 1. The van der Waals surface area contributed by atoms with E-state index in [1.807, 2.05) is 0 Å². The van der Waals surface area contributed by atoms with Crippen LogP contribution in [0.4, 0.5) is 11.4 Å². The monoisotopic (exact) mass is 436 g/mol. The maximum absolute atomic E-state index is 12.2. The number of hydrogen-bond donors (Lipinski definition) is 2. The summed E-state index contributed by atoms with van der Waals surface area (Å²) in [5.41, 5.74) is 2.54. The van der Waals surface area contributed by atoms with Crippen molar-refractivity contribution in [2.24, 2.45) is 5.10 Å². The van der Waals surface area contributed by atoms with Gasteiger partial charge in [0.25, 0.3) is 11.6 Å². The first kappa shape index (κ1) is 21.9. The Hall–Kier alpha value is -4.80. The average Bonchev–Trinajstić information content (AvgIpc) is 2.78. The molecule has 2 N–H and O–H groups in total. The topological polar surface area (TPSA) is 157 Å². The summed E-state index contributed by atoms with van der Waals surface area (Å²) in [6.45, 7) is 0.150. The number of nitro benzene ring substituents is 2. The van der Waals surface area contributed by atoms with Crippen LogP contribution in [0.15, 0.2) is 71.8 Å². The molecule has 0 unspecified atom stereocenters. The third-order valence-electron chi connectivity index (χ3n) is 4.29. The lowest BCUT2D eigenvalue weighted by Crippen LogP contribution is -2.18. The molecule has 32 heavy (non-hydrogen) atoms. The van der Waals surface area contributed by atoms with Crippen molar-refractivity contribution in [3.63, 3.8) is 0 Å². The number of hydrogen-bond acceptors (Lipinski definition) is 8. The van der Waals surface area contributed by atoms with Crippen LogP contribution in [-0.4, -0.2) is 27.1 Å². The summed E-state index contributed by atoms with van der Waals surface area (Å²) >= 11 is 0. The Bertz CT molecular complexity index is 1190. The van der Waals surface area contributed by atoms with Crippen molar-refractivity contribution in [1.82, 2.24) is 5.43 Å². The second-order valence-corrected chi connectivity index (χ2v) is 6.38. The van der Waals surface area contributed by atoms with Gasteiger partial charge in [0.05, 0.1) is 21.6 Å². The van der Waals surface area contributed by atoms with Crippen molar-refractivity contribution in [3.8, 4) is 11.5 Å². The quantitative estimate of drug-likeness (QED) is 0.310. The number of rotatable bonds is 8. The largest absolute Gasteiger partial charge is 0.502 e. The summed E-state index contributed by atoms with van der Waals surface area (Å²) in [5.74, 6) is -1.13. The Morgan fingerprint density at radius 2 is 1.72 bits per heavy atom. The van der Waals surface area contributed by atoms with Crippen LogP contribution < -0.4 is 10.2 Å². The molecule has 3 rings (SSSR count). The molecule has 0 aromatic heterocycles. The highest BCUT2D eigenvalue weighted by Crippen LogP contribution is 2.29. The molecule has 0 radical (unpaired) electrons. The minimum Gasteiger partial charge on any atom is -0.502 e. The predicted molar refractivity (Wildman–Crippen MR) is 114 cm³/mol. The predicted octanol–water partition coefficient (Wildman–Crippen LogP) is 3.55. The number of nitrogens with one attached hydrogen (secondary N) is 1. The first-order chi connectivity index (χ1) is 15.4. The molecule has 11 nitrogen and oxygen atoms in total. The molecule has 0 heterocycles. The molecule has 0 aliphatic heterocycles. The van der Waals surface area contributed by atoms with Crippen LogP contribution in [0.3, 0.4) is 0 Å². The molecule has 0 saturated carbocycles. The molecular formula is C21H16N4O7. The van der Waals surface area contributed by atoms with Gasteiger partial charge in [-0.2, -0.15) is 5.10 Å². The Kier molecular flexibility index (Phi) is 6.71. The molecule has 0 atom stereocenters. The van der Waals surface area contributed by atoms with Gasteiger partial charge in [0, 0.05) is 23.8 Å². The summed E-state index contributed by atoms with van der Waals surface area (Å²) in [4.78, 5) is 32.5. The molecule has 3 aromatic carbocycles. The smallest absolute Gasteiger partial charge is 0.311 e. The number of non-ortho nitro benzene ring substituents is 1. The summed E-state index contributed by atoms with van der Waals surface area (Å²) in [6, 6.07) is 16.3. The van der Waals surface area contributed by atoms with Crippen LogP contribution in [0, 0.1) is 20.2 Å². The van der Waals surface area contributed by atoms with Crippen LogP contribution in [0.25, 0.3) is 0 Å². The number of aromatic hydroxyl groups is 1. The number of phenols is 1. The fraction of sp³-hybridized carbons (Fsp3) is 0.0476. The van der Waals surface area contributed by atoms with E-state index in [0.29, 0.717) is 11.3 Å². The minimum atomic E-state index is -0.827. The number of nitro groups is 2. The van der Waals surface area contributed by atoms with Gasteiger partial charge in [0.2, 0.25) is 5.75 Å². The van der Waals surface area contributed by atoms with Gasteiger partial charge in [0.15, 0.2) is 0 Å². The van der Waals surface area contributed by atoms with Crippen LogP contribution in [0.2, 0.25) is 0 Å². The van der Waals surface area contributed by atoms with Gasteiger partial charge in [-0.1, -0.05) is 18.2 Å². The van der Waals surface area contributed by atoms with Crippen LogP contribution in [-0.2, 0) is 6.61 Å². The van der Waals surface area contributed by atoms with E-state index in [-0.39, 0.29) is 17.9 Å². The van der Waals surface area contributed by atoms with E-state index in [0.717, 1.165) is 11.6 Å². The van der Waals surface area contributed by atoms with E-state index < -0.39 is 27.2 Å². The second kappa shape index (κ2) is 9.80. The number of nitrogens with zero attached hydrogens (tertiary/aromatic N) is 3. The molecule has 162 valence electrons. The summed E-state index contributed by atoms with van der Waals surface area (Å²) in [5, 5.41) is 35.3. The molecule has 0 aliphatic carbocycles. The Morgan fingerprint density at radius 1 is 1.00 bits per heavy atom. The maximum atomic E-state index is 12.2. The standard InChI is InChI=1S/C21H16N4O7/c26-20-17(5-3-6-18(20)25(30)31)21(27)23-22-12-15-4-1-2-7-19(15)32-13-14-8-10-16(11-9-14)24(28)29/h1-12,26H,13H2,(H,23,27)/b22-12+. The summed E-state index contributed by atoms with van der Waals surface area (Å²) in [6.07, 6.45) is 1.32. The summed E-state index contributed by atoms with van der Waals surface area (Å²) in [7, 11) is 0. The van der Waals surface area contributed by atoms with Crippen molar-refractivity contribution >= 4 is 23.5 Å². The van der Waals surface area contributed by atoms with E-state index >= 15 is 0 Å². The van der Waals surface area contributed by atoms with Gasteiger partial charge in [-0.3, -0.25) is 25.0 Å². The normalized spacial score (nSPS) is 10.6. The van der Waals surface area contributed by atoms with Crippen LogP contribution >= 0.6 is 0 Å². The first-order valence-corrected chi connectivity index (χ1v) is 9.11. The lowest BCUT2D eigenvalue weighted by atomic mass is 10.1. The Morgan fingerprint density at radius 3 is 2.41 bits per heavy atom. The molecular weight excluding hydrogens is 420 g/mol. The number of para-hydroxylation sites is 2. The zero-order chi connectivity index (χ0) is 23.1. The number of benzene rings is 3. The van der Waals surface area contributed by atoms with Crippen molar-refractivity contribution in [2.75, 3.05) is 0 Å². The van der Waals surface area contributed by atoms with Gasteiger partial charge >= 0.3 is 5.69 Å². The molecule has 0 fully saturated rings. The number of carbonyl (C=O) groups excluding carboxylic acids is 1. The van der Waals surface area contributed by atoms with Gasteiger partial charge < -0.3 is 9.84 Å². The van der Waals surface area contributed by atoms with Crippen LogP contribution in [0.1, 0.15) is 21.5 Å². The zero-order valence-electron chi connectivity index (χ0n) is 16.4. The van der Waals surface area contributed by atoms with Crippen molar-refractivity contribution in [2.45, 2.75) is 6.61 Å². The maximum Gasteiger partial charge on any atom is 0.311 e. The molecule has 3 aromatic rings. The van der Waals surface area contributed by atoms with E-state index in [1.165, 1.54) is 30.5 Å². The van der Waals surface area contributed by atoms with E-state index in [2.05, 4.69) is 10.5 Å². The first-order valence-electron chi connectivity index (χ1n) is 9.11. The fourth-order valence-electron chi connectivity index (χ4n) is 2.68. The van der Waals surface area contributed by atoms with Gasteiger partial charge in [-0.25, -0.2) is 5.43 Å². The lowest BCUT2D eigenvalue weighted by Gasteiger charge is -2.09. The van der Waals surface area contributed by atoms with Gasteiger partial charge in [-0.15, -0.1) is 0 Å². The average molecular weight is 436 g/mol. The van der Waals surface area contributed by atoms with Crippen molar-refractivity contribution in [1.29, 1.82) is 0 Å². The second-order valence-electron chi connectivity index (χ2n) is 6.38. The lowest BCUT2D eigenvalue weighted by molar-refractivity contribution is -0.385. The summed E-state index contributed by atoms with van der Waals surface area (Å²) < 4.78 is 5.74. The Labute approximate surface area is 180 Å². The molecule has 11 heteroatoms. The fourth-order valence-corrected chi connectivity index (χ4v) is 2.68. The minimum absolute atomic E-state index is 0.0215. The van der Waals surface area contributed by atoms with Gasteiger partial charge in [-0.05, 0) is 35.9 Å². The molecule has 0 bridgehead atoms. The SMILES string of the molecule is O=C(N/N=C/c1ccccc1OCc1ccc([N+](=O)[O-])cc1)c1cccc([N+](=O)[O-])c1O. The highest BCUT2D eigenvalue weighted by Gasteiger charge is 2.20. The molecule has 1 amide bonds. The molecule has 0 saturated heterocycles. The third-order valence-corrected chi connectivity index (χ3v) is 4.29. The van der Waals surface area contributed by atoms with Crippen molar-refractivity contribution in [3.05, 3.63) is 104 Å². The number of carbonyl (C=O) groups is 1. The van der Waals surface area contributed by atoms with Gasteiger partial charge in [0.1, 0.15) is 12.4 Å². The number of hydrazone groups is 1. The zero-order valence-corrected chi connectivity index (χ0v) is 16.4. The number of phenolic OH excluding ortho intramolecular Hbond substituents is 1. The third kappa shape index (κ3) is 5.21. The highest BCUT2D eigenvalue weighted by molar-refractivity contribution is 5.98. The van der Waals surface area contributed by atoms with Crippen molar-refractivity contribution < 1.29 is 24.5 Å². The Balaban J connectivity index is 1.67.